The predicted octanol–water partition coefficient (Wildman–Crippen LogP) is 3.95. The Bertz CT molecular complexity index is 341. The Morgan fingerprint density at radius 3 is 2.89 bits per heavy atom. The smallest absolute Gasteiger partial charge is 0.0587 e. The lowest BCUT2D eigenvalue weighted by molar-refractivity contribution is 0.199. The average molecular weight is 281 g/mol. The third kappa shape index (κ3) is 8.30. The van der Waals surface area contributed by atoms with Gasteiger partial charge in [0.2, 0.25) is 0 Å². The van der Waals surface area contributed by atoms with Crippen molar-refractivity contribution < 1.29 is 4.74 Å². The van der Waals surface area contributed by atoms with Crippen LogP contribution in [0.1, 0.15) is 32.3 Å². The number of thioether (sulfide) groups is 1. The maximum atomic E-state index is 5.02. The summed E-state index contributed by atoms with van der Waals surface area (Å²) < 4.78 is 5.02. The van der Waals surface area contributed by atoms with Gasteiger partial charge in [0.05, 0.1) is 6.61 Å². The van der Waals surface area contributed by atoms with Crippen LogP contribution in [0.15, 0.2) is 29.2 Å². The van der Waals surface area contributed by atoms with Crippen LogP contribution in [-0.2, 0) is 11.3 Å². The molecule has 0 fully saturated rings. The third-order valence-corrected chi connectivity index (χ3v) is 3.99. The van der Waals surface area contributed by atoms with Gasteiger partial charge in [0, 0.05) is 25.1 Å². The van der Waals surface area contributed by atoms with Crippen LogP contribution in [0, 0.1) is 5.92 Å². The van der Waals surface area contributed by atoms with Gasteiger partial charge >= 0.3 is 0 Å². The molecule has 1 aromatic carbocycles. The molecule has 1 rings (SSSR count). The fourth-order valence-electron chi connectivity index (χ4n) is 1.83. The highest BCUT2D eigenvalue weighted by atomic mass is 32.2. The van der Waals surface area contributed by atoms with Crippen LogP contribution >= 0.6 is 11.8 Å². The van der Waals surface area contributed by atoms with Gasteiger partial charge in [-0.3, -0.25) is 0 Å². The summed E-state index contributed by atoms with van der Waals surface area (Å²) in [7, 11) is 1.73. The SMILES string of the molecule is COCCNCc1cccc(SCCCC(C)C)c1. The minimum atomic E-state index is 0.768. The summed E-state index contributed by atoms with van der Waals surface area (Å²) in [6, 6.07) is 8.83. The van der Waals surface area contributed by atoms with E-state index in [4.69, 9.17) is 4.74 Å². The normalized spacial score (nSPS) is 11.2. The molecule has 1 N–H and O–H groups in total. The molecule has 0 aliphatic heterocycles. The second-order valence-corrected chi connectivity index (χ2v) is 6.37. The van der Waals surface area contributed by atoms with Gasteiger partial charge in [0.1, 0.15) is 0 Å². The van der Waals surface area contributed by atoms with E-state index in [2.05, 4.69) is 43.4 Å². The molecule has 0 saturated carbocycles. The number of hydrogen-bond donors (Lipinski definition) is 1. The van der Waals surface area contributed by atoms with Crippen molar-refractivity contribution in [1.82, 2.24) is 5.32 Å². The molecule has 3 heteroatoms. The van der Waals surface area contributed by atoms with Crippen molar-refractivity contribution in [3.8, 4) is 0 Å². The summed E-state index contributed by atoms with van der Waals surface area (Å²) in [5.74, 6) is 2.04. The molecule has 2 nitrogen and oxygen atoms in total. The van der Waals surface area contributed by atoms with E-state index in [1.54, 1.807) is 7.11 Å². The number of methoxy groups -OCH3 is 1. The van der Waals surface area contributed by atoms with Gasteiger partial charge in [-0.2, -0.15) is 0 Å². The van der Waals surface area contributed by atoms with Crippen LogP contribution in [0.25, 0.3) is 0 Å². The van der Waals surface area contributed by atoms with E-state index in [0.717, 1.165) is 25.6 Å². The molecule has 0 amide bonds. The summed E-state index contributed by atoms with van der Waals surface area (Å²) in [6.07, 6.45) is 2.63. The van der Waals surface area contributed by atoms with Crippen molar-refractivity contribution in [1.29, 1.82) is 0 Å². The minimum absolute atomic E-state index is 0.768. The first kappa shape index (κ1) is 16.5. The van der Waals surface area contributed by atoms with Crippen molar-refractivity contribution in [2.45, 2.75) is 38.1 Å². The molecule has 0 unspecified atom stereocenters. The zero-order chi connectivity index (χ0) is 13.9. The number of ether oxygens (including phenoxy) is 1. The Morgan fingerprint density at radius 2 is 2.16 bits per heavy atom. The van der Waals surface area contributed by atoms with Crippen LogP contribution in [0.5, 0.6) is 0 Å². The lowest BCUT2D eigenvalue weighted by Crippen LogP contribution is -2.18. The fraction of sp³-hybridized carbons (Fsp3) is 0.625. The predicted molar refractivity (Wildman–Crippen MR) is 84.8 cm³/mol. The van der Waals surface area contributed by atoms with E-state index in [9.17, 15) is 0 Å². The fourth-order valence-corrected chi connectivity index (χ4v) is 2.79. The Morgan fingerprint density at radius 1 is 1.32 bits per heavy atom. The topological polar surface area (TPSA) is 21.3 Å². The van der Waals surface area contributed by atoms with Crippen LogP contribution in [-0.4, -0.2) is 26.0 Å². The molecule has 0 atom stereocenters. The van der Waals surface area contributed by atoms with Gasteiger partial charge in [-0.25, -0.2) is 0 Å². The van der Waals surface area contributed by atoms with E-state index >= 15 is 0 Å². The first-order chi connectivity index (χ1) is 9.22. The highest BCUT2D eigenvalue weighted by molar-refractivity contribution is 7.99. The molecule has 0 aliphatic carbocycles. The molecule has 0 aliphatic rings. The monoisotopic (exact) mass is 281 g/mol. The maximum Gasteiger partial charge on any atom is 0.0587 e. The number of benzene rings is 1. The van der Waals surface area contributed by atoms with Crippen molar-refractivity contribution in [2.24, 2.45) is 5.92 Å². The second kappa shape index (κ2) is 10.3. The summed E-state index contributed by atoms with van der Waals surface area (Å²) in [5, 5.41) is 3.38. The van der Waals surface area contributed by atoms with E-state index in [1.165, 1.54) is 29.1 Å². The number of hydrogen-bond acceptors (Lipinski definition) is 3. The Kier molecular flexibility index (Phi) is 8.97. The molecule has 0 bridgehead atoms. The lowest BCUT2D eigenvalue weighted by atomic mass is 10.1. The van der Waals surface area contributed by atoms with Crippen LogP contribution in [0.4, 0.5) is 0 Å². The van der Waals surface area contributed by atoms with Crippen molar-refractivity contribution in [3.63, 3.8) is 0 Å². The van der Waals surface area contributed by atoms with Crippen LogP contribution in [0.3, 0.4) is 0 Å². The second-order valence-electron chi connectivity index (χ2n) is 5.20. The van der Waals surface area contributed by atoms with Gasteiger partial charge in [-0.05, 0) is 35.8 Å². The summed E-state index contributed by atoms with van der Waals surface area (Å²) in [6.45, 7) is 7.17. The molecular formula is C16H27NOS. The molecule has 0 aromatic heterocycles. The Hall–Kier alpha value is -0.510. The Labute approximate surface area is 122 Å². The average Bonchev–Trinajstić information content (AvgIpc) is 2.40. The highest BCUT2D eigenvalue weighted by Gasteiger charge is 1.99. The molecule has 0 radical (unpaired) electrons. The minimum Gasteiger partial charge on any atom is -0.383 e. The van der Waals surface area contributed by atoms with E-state index in [1.807, 2.05) is 11.8 Å². The number of nitrogens with one attached hydrogen (secondary N) is 1. The molecule has 1 aromatic rings. The summed E-state index contributed by atoms with van der Waals surface area (Å²) in [5.41, 5.74) is 1.35. The van der Waals surface area contributed by atoms with Gasteiger partial charge in [0.15, 0.2) is 0 Å². The largest absolute Gasteiger partial charge is 0.383 e. The molecular weight excluding hydrogens is 254 g/mol. The van der Waals surface area contributed by atoms with E-state index in [0.29, 0.717) is 0 Å². The summed E-state index contributed by atoms with van der Waals surface area (Å²) in [4.78, 5) is 1.38. The van der Waals surface area contributed by atoms with Gasteiger partial charge in [-0.15, -0.1) is 11.8 Å². The van der Waals surface area contributed by atoms with Gasteiger partial charge in [-0.1, -0.05) is 32.4 Å². The first-order valence-corrected chi connectivity index (χ1v) is 8.12. The first-order valence-electron chi connectivity index (χ1n) is 7.13. The lowest BCUT2D eigenvalue weighted by Gasteiger charge is -2.07. The van der Waals surface area contributed by atoms with Crippen LogP contribution in [0.2, 0.25) is 0 Å². The zero-order valence-electron chi connectivity index (χ0n) is 12.4. The highest BCUT2D eigenvalue weighted by Crippen LogP contribution is 2.21. The van der Waals surface area contributed by atoms with E-state index in [-0.39, 0.29) is 0 Å². The molecule has 0 saturated heterocycles. The quantitative estimate of drug-likeness (QED) is 0.518. The van der Waals surface area contributed by atoms with Crippen molar-refractivity contribution in [2.75, 3.05) is 26.0 Å². The van der Waals surface area contributed by atoms with E-state index < -0.39 is 0 Å². The number of rotatable bonds is 10. The van der Waals surface area contributed by atoms with Gasteiger partial charge < -0.3 is 10.1 Å². The van der Waals surface area contributed by atoms with Crippen molar-refractivity contribution >= 4 is 11.8 Å². The standard InChI is InChI=1S/C16H27NOS/c1-14(2)6-5-11-19-16-8-4-7-15(12-16)13-17-9-10-18-3/h4,7-8,12,14,17H,5-6,9-11,13H2,1-3H3. The molecule has 0 heterocycles. The molecule has 19 heavy (non-hydrogen) atoms. The zero-order valence-corrected chi connectivity index (χ0v) is 13.3. The third-order valence-electron chi connectivity index (χ3n) is 2.91. The summed E-state index contributed by atoms with van der Waals surface area (Å²) >= 11 is 1.97. The maximum absolute atomic E-state index is 5.02. The molecule has 108 valence electrons. The van der Waals surface area contributed by atoms with Gasteiger partial charge in [0.25, 0.3) is 0 Å². The Balaban J connectivity index is 2.27. The molecule has 0 spiro atoms. The van der Waals surface area contributed by atoms with Crippen LogP contribution < -0.4 is 5.32 Å². The van der Waals surface area contributed by atoms with Crippen molar-refractivity contribution in [3.05, 3.63) is 29.8 Å².